The summed E-state index contributed by atoms with van der Waals surface area (Å²) < 4.78 is 12.7. The number of anilines is 3. The lowest BCUT2D eigenvalue weighted by Crippen LogP contribution is -2.09. The molecule has 0 radical (unpaired) electrons. The second-order valence-electron chi connectivity index (χ2n) is 14.1. The van der Waals surface area contributed by atoms with Gasteiger partial charge in [0, 0.05) is 44.0 Å². The van der Waals surface area contributed by atoms with E-state index in [9.17, 15) is 0 Å². The first kappa shape index (κ1) is 31.2. The van der Waals surface area contributed by atoms with Gasteiger partial charge in [0.1, 0.15) is 22.3 Å². The van der Waals surface area contributed by atoms with Crippen molar-refractivity contribution in [1.29, 1.82) is 0 Å². The summed E-state index contributed by atoms with van der Waals surface area (Å²) in [6, 6.07) is 70.9. The minimum Gasteiger partial charge on any atom is -0.456 e. The van der Waals surface area contributed by atoms with Crippen molar-refractivity contribution in [2.45, 2.75) is 0 Å². The van der Waals surface area contributed by atoms with Gasteiger partial charge in [-0.15, -0.1) is 0 Å². The van der Waals surface area contributed by atoms with Crippen LogP contribution >= 0.6 is 0 Å². The molecule has 9 aromatic carbocycles. The smallest absolute Gasteiger partial charge is 0.143 e. The van der Waals surface area contributed by atoms with Crippen molar-refractivity contribution in [3.63, 3.8) is 0 Å². The summed E-state index contributed by atoms with van der Waals surface area (Å²) in [5.41, 5.74) is 13.8. The van der Waals surface area contributed by atoms with Crippen molar-refractivity contribution < 1.29 is 8.83 Å². The molecule has 11 aromatic rings. The van der Waals surface area contributed by atoms with Crippen LogP contribution in [0.2, 0.25) is 0 Å². The molecule has 0 N–H and O–H groups in total. The van der Waals surface area contributed by atoms with Gasteiger partial charge in [-0.25, -0.2) is 0 Å². The maximum absolute atomic E-state index is 6.52. The van der Waals surface area contributed by atoms with Gasteiger partial charge in [-0.1, -0.05) is 140 Å². The van der Waals surface area contributed by atoms with Crippen LogP contribution in [-0.2, 0) is 0 Å². The summed E-state index contributed by atoms with van der Waals surface area (Å²) in [6.07, 6.45) is 0. The van der Waals surface area contributed by atoms with Crippen LogP contribution in [0.25, 0.3) is 88.0 Å². The first-order valence-corrected chi connectivity index (χ1v) is 18.7. The molecule has 0 saturated heterocycles. The van der Waals surface area contributed by atoms with Crippen LogP contribution in [0.5, 0.6) is 0 Å². The van der Waals surface area contributed by atoms with Crippen molar-refractivity contribution >= 4 is 71.7 Å². The fraction of sp³-hybridized carbons (Fsp3) is 0. The van der Waals surface area contributed by atoms with E-state index in [1.165, 1.54) is 11.1 Å². The molecular weight excluding hydrogens is 671 g/mol. The van der Waals surface area contributed by atoms with Gasteiger partial charge in [0.25, 0.3) is 0 Å². The Balaban J connectivity index is 1.02. The highest BCUT2D eigenvalue weighted by molar-refractivity contribution is 6.19. The normalized spacial score (nSPS) is 11.6. The summed E-state index contributed by atoms with van der Waals surface area (Å²) in [6.45, 7) is 0. The van der Waals surface area contributed by atoms with Crippen LogP contribution in [0, 0.1) is 0 Å². The van der Waals surface area contributed by atoms with Gasteiger partial charge in [0.05, 0.1) is 0 Å². The Labute approximate surface area is 317 Å². The summed E-state index contributed by atoms with van der Waals surface area (Å²) >= 11 is 0. The van der Waals surface area contributed by atoms with Gasteiger partial charge in [-0.2, -0.15) is 0 Å². The van der Waals surface area contributed by atoms with Crippen LogP contribution in [0.3, 0.4) is 0 Å². The van der Waals surface area contributed by atoms with Crippen molar-refractivity contribution in [2.24, 2.45) is 0 Å². The number of fused-ring (bicyclic) bond motifs is 8. The Bertz CT molecular complexity index is 3170. The first-order valence-electron chi connectivity index (χ1n) is 18.7. The maximum Gasteiger partial charge on any atom is 0.143 e. The number of nitrogens with zero attached hydrogens (tertiary/aromatic N) is 1. The summed E-state index contributed by atoms with van der Waals surface area (Å²) in [5, 5.41) is 6.84. The van der Waals surface area contributed by atoms with E-state index < -0.39 is 0 Å². The van der Waals surface area contributed by atoms with E-state index in [1.54, 1.807) is 0 Å². The van der Waals surface area contributed by atoms with E-state index >= 15 is 0 Å². The number of benzene rings is 9. The van der Waals surface area contributed by atoms with E-state index in [4.69, 9.17) is 8.83 Å². The van der Waals surface area contributed by atoms with Gasteiger partial charge in [0.15, 0.2) is 0 Å². The molecule has 2 heterocycles. The van der Waals surface area contributed by atoms with Crippen LogP contribution < -0.4 is 4.90 Å². The van der Waals surface area contributed by atoms with Gasteiger partial charge >= 0.3 is 0 Å². The lowest BCUT2D eigenvalue weighted by molar-refractivity contribution is 0.669. The van der Waals surface area contributed by atoms with E-state index in [0.29, 0.717) is 0 Å². The number of hydrogen-bond donors (Lipinski definition) is 0. The molecule has 0 aliphatic heterocycles. The largest absolute Gasteiger partial charge is 0.456 e. The van der Waals surface area contributed by atoms with Crippen LogP contribution in [0.15, 0.2) is 209 Å². The molecule has 0 atom stereocenters. The van der Waals surface area contributed by atoms with Gasteiger partial charge < -0.3 is 13.7 Å². The Morgan fingerprint density at radius 2 is 0.800 bits per heavy atom. The topological polar surface area (TPSA) is 29.5 Å². The third-order valence-electron chi connectivity index (χ3n) is 10.9. The van der Waals surface area contributed by atoms with E-state index in [2.05, 4.69) is 181 Å². The Hall–Kier alpha value is -7.36. The third-order valence-corrected chi connectivity index (χ3v) is 10.9. The molecule has 3 heteroatoms. The molecule has 11 rings (SSSR count). The molecule has 258 valence electrons. The molecule has 0 saturated carbocycles. The molecule has 0 unspecified atom stereocenters. The minimum absolute atomic E-state index is 0.898. The molecular formula is C52H33NO2. The van der Waals surface area contributed by atoms with Crippen molar-refractivity contribution in [3.8, 4) is 33.4 Å². The number of furan rings is 2. The zero-order chi connectivity index (χ0) is 36.3. The van der Waals surface area contributed by atoms with Gasteiger partial charge in [0.2, 0.25) is 0 Å². The second-order valence-corrected chi connectivity index (χ2v) is 14.1. The summed E-state index contributed by atoms with van der Waals surface area (Å²) in [4.78, 5) is 2.33. The maximum atomic E-state index is 6.52. The fourth-order valence-electron chi connectivity index (χ4n) is 8.27. The zero-order valence-electron chi connectivity index (χ0n) is 29.8. The molecule has 3 nitrogen and oxygen atoms in total. The summed E-state index contributed by atoms with van der Waals surface area (Å²) in [5.74, 6) is 0. The highest BCUT2D eigenvalue weighted by Gasteiger charge is 2.18. The fourth-order valence-corrected chi connectivity index (χ4v) is 8.27. The second kappa shape index (κ2) is 12.6. The first-order chi connectivity index (χ1) is 27.3. The predicted octanol–water partition coefficient (Wildman–Crippen LogP) is 15.1. The van der Waals surface area contributed by atoms with E-state index in [1.807, 2.05) is 24.3 Å². The van der Waals surface area contributed by atoms with Crippen LogP contribution in [0.4, 0.5) is 17.1 Å². The van der Waals surface area contributed by atoms with Gasteiger partial charge in [-0.05, 0) is 99.4 Å². The lowest BCUT2D eigenvalue weighted by Gasteiger charge is -2.26. The molecule has 0 bridgehead atoms. The number of para-hydroxylation sites is 2. The predicted molar refractivity (Wildman–Crippen MR) is 229 cm³/mol. The highest BCUT2D eigenvalue weighted by Crippen LogP contribution is 2.42. The molecule has 55 heavy (non-hydrogen) atoms. The van der Waals surface area contributed by atoms with E-state index in [0.717, 1.165) is 94.0 Å². The minimum atomic E-state index is 0.898. The monoisotopic (exact) mass is 703 g/mol. The molecule has 0 spiro atoms. The Kier molecular flexibility index (Phi) is 7.17. The molecule has 2 aromatic heterocycles. The average molecular weight is 704 g/mol. The van der Waals surface area contributed by atoms with Crippen molar-refractivity contribution in [3.05, 3.63) is 200 Å². The number of rotatable bonds is 6. The zero-order valence-corrected chi connectivity index (χ0v) is 29.8. The average Bonchev–Trinajstić information content (AvgIpc) is 3.84. The Morgan fingerprint density at radius 1 is 0.291 bits per heavy atom. The number of hydrogen-bond acceptors (Lipinski definition) is 3. The highest BCUT2D eigenvalue weighted by atomic mass is 16.3. The van der Waals surface area contributed by atoms with Gasteiger partial charge in [-0.3, -0.25) is 0 Å². The van der Waals surface area contributed by atoms with E-state index in [-0.39, 0.29) is 0 Å². The molecule has 0 fully saturated rings. The Morgan fingerprint density at radius 3 is 1.47 bits per heavy atom. The molecule has 0 aliphatic carbocycles. The van der Waals surface area contributed by atoms with Crippen LogP contribution in [-0.4, -0.2) is 0 Å². The SMILES string of the molecule is c1ccc(-c2ccc(N(c3ccc(-c4cccc5oc6ccccc6c45)cc3)c3ccc(-c4cccc5ccc6c7ccccc7oc6c45)cc3)cc2)cc1. The molecule has 0 amide bonds. The van der Waals surface area contributed by atoms with Crippen LogP contribution in [0.1, 0.15) is 0 Å². The van der Waals surface area contributed by atoms with Crippen molar-refractivity contribution in [2.75, 3.05) is 4.90 Å². The standard InChI is InChI=1S/C52H33NO2/c1-2-10-34(11-3-1)35-20-27-39(28-21-35)53(41-31-24-37(25-32-41)43-16-9-19-49-51(43)46-14-5-7-18-48(46)54-49)40-29-22-36(23-30-40)42-15-8-12-38-26-33-45-44-13-4-6-17-47(44)55-52(45)50(38)42/h1-33H. The third kappa shape index (κ3) is 5.20. The molecule has 0 aliphatic rings. The quantitative estimate of drug-likeness (QED) is 0.173. The summed E-state index contributed by atoms with van der Waals surface area (Å²) in [7, 11) is 0. The lowest BCUT2D eigenvalue weighted by atomic mass is 9.96. The van der Waals surface area contributed by atoms with Crippen molar-refractivity contribution in [1.82, 2.24) is 0 Å².